The first kappa shape index (κ1) is 18.8. The molecule has 4 rings (SSSR count). The molecule has 3 heterocycles. The zero-order valence-corrected chi connectivity index (χ0v) is 16.4. The third-order valence-corrected chi connectivity index (χ3v) is 5.48. The van der Waals surface area contributed by atoms with E-state index in [0.717, 1.165) is 16.8 Å². The number of benzene rings is 1. The molecule has 0 radical (unpaired) electrons. The fourth-order valence-corrected chi connectivity index (χ4v) is 3.80. The molecule has 2 saturated heterocycles. The van der Waals surface area contributed by atoms with Gasteiger partial charge in [0.05, 0.1) is 19.8 Å². The maximum Gasteiger partial charge on any atom is 0.272 e. The number of rotatable bonds is 3. The standard InChI is InChI=1S/C21H26N4O3/c1-15-3-5-17(6-4-15)21(27)7-8-25(14-21)19(26)18-13-16(2)22-20(23-18)24-9-11-28-12-10-24/h3-6,13,27H,7-12,14H2,1-2H3/t21-/m0/s1. The lowest BCUT2D eigenvalue weighted by Crippen LogP contribution is -2.38. The molecular formula is C21H26N4O3. The summed E-state index contributed by atoms with van der Waals surface area (Å²) in [5.74, 6) is 0.405. The maximum atomic E-state index is 13.1. The van der Waals surface area contributed by atoms with Crippen LogP contribution in [0, 0.1) is 13.8 Å². The van der Waals surface area contributed by atoms with Gasteiger partial charge in [0.2, 0.25) is 5.95 Å². The molecule has 1 aromatic carbocycles. The molecule has 2 aromatic rings. The van der Waals surface area contributed by atoms with Gasteiger partial charge in [0.15, 0.2) is 0 Å². The van der Waals surface area contributed by atoms with Crippen molar-refractivity contribution in [2.45, 2.75) is 25.9 Å². The number of carbonyl (C=O) groups is 1. The van der Waals surface area contributed by atoms with Crippen molar-refractivity contribution in [1.29, 1.82) is 0 Å². The van der Waals surface area contributed by atoms with E-state index in [4.69, 9.17) is 4.74 Å². The number of amides is 1. The van der Waals surface area contributed by atoms with Crippen LogP contribution in [-0.4, -0.2) is 65.3 Å². The Morgan fingerprint density at radius 2 is 1.82 bits per heavy atom. The predicted octanol–water partition coefficient (Wildman–Crippen LogP) is 1.66. The van der Waals surface area contributed by atoms with E-state index in [1.54, 1.807) is 11.0 Å². The van der Waals surface area contributed by atoms with Crippen LogP contribution < -0.4 is 4.90 Å². The Morgan fingerprint density at radius 1 is 1.11 bits per heavy atom. The van der Waals surface area contributed by atoms with E-state index in [-0.39, 0.29) is 12.5 Å². The summed E-state index contributed by atoms with van der Waals surface area (Å²) in [5.41, 5.74) is 2.11. The van der Waals surface area contributed by atoms with Gasteiger partial charge in [-0.05, 0) is 31.9 Å². The molecule has 1 atom stereocenters. The number of ether oxygens (including phenoxy) is 1. The molecule has 1 aromatic heterocycles. The topological polar surface area (TPSA) is 78.8 Å². The third-order valence-electron chi connectivity index (χ3n) is 5.48. The van der Waals surface area contributed by atoms with E-state index >= 15 is 0 Å². The predicted molar refractivity (Wildman–Crippen MR) is 105 cm³/mol. The van der Waals surface area contributed by atoms with Gasteiger partial charge in [-0.25, -0.2) is 9.97 Å². The third kappa shape index (κ3) is 3.72. The largest absolute Gasteiger partial charge is 0.383 e. The second-order valence-corrected chi connectivity index (χ2v) is 7.67. The van der Waals surface area contributed by atoms with Gasteiger partial charge in [-0.2, -0.15) is 0 Å². The second kappa shape index (κ2) is 7.48. The average Bonchev–Trinajstić information content (AvgIpc) is 3.11. The normalized spacial score (nSPS) is 22.5. The Kier molecular flexibility index (Phi) is 5.03. The summed E-state index contributed by atoms with van der Waals surface area (Å²) in [6.45, 7) is 7.36. The zero-order valence-electron chi connectivity index (χ0n) is 16.4. The first-order chi connectivity index (χ1) is 13.4. The fraction of sp³-hybridized carbons (Fsp3) is 0.476. The van der Waals surface area contributed by atoms with Gasteiger partial charge < -0.3 is 19.6 Å². The first-order valence-electron chi connectivity index (χ1n) is 9.72. The van der Waals surface area contributed by atoms with E-state index in [0.29, 0.717) is 50.9 Å². The summed E-state index contributed by atoms with van der Waals surface area (Å²) < 4.78 is 5.38. The van der Waals surface area contributed by atoms with Crippen molar-refractivity contribution in [2.75, 3.05) is 44.3 Å². The summed E-state index contributed by atoms with van der Waals surface area (Å²) in [5, 5.41) is 11.1. The van der Waals surface area contributed by atoms with Crippen LogP contribution in [0.3, 0.4) is 0 Å². The van der Waals surface area contributed by atoms with E-state index < -0.39 is 5.60 Å². The smallest absolute Gasteiger partial charge is 0.272 e. The molecule has 2 aliphatic heterocycles. The Bertz CT molecular complexity index is 864. The molecule has 0 spiro atoms. The van der Waals surface area contributed by atoms with Crippen molar-refractivity contribution in [3.63, 3.8) is 0 Å². The van der Waals surface area contributed by atoms with Crippen LogP contribution in [0.5, 0.6) is 0 Å². The summed E-state index contributed by atoms with van der Waals surface area (Å²) in [4.78, 5) is 25.8. The van der Waals surface area contributed by atoms with E-state index in [9.17, 15) is 9.90 Å². The van der Waals surface area contributed by atoms with Crippen molar-refractivity contribution in [1.82, 2.24) is 14.9 Å². The number of likely N-dealkylation sites (tertiary alicyclic amines) is 1. The minimum Gasteiger partial charge on any atom is -0.383 e. The highest BCUT2D eigenvalue weighted by Gasteiger charge is 2.40. The molecule has 2 fully saturated rings. The molecule has 0 unspecified atom stereocenters. The second-order valence-electron chi connectivity index (χ2n) is 7.67. The molecule has 0 saturated carbocycles. The number of hydrogen-bond acceptors (Lipinski definition) is 6. The Labute approximate surface area is 165 Å². The fourth-order valence-electron chi connectivity index (χ4n) is 3.80. The Hall–Kier alpha value is -2.51. The number of aromatic nitrogens is 2. The summed E-state index contributed by atoms with van der Waals surface area (Å²) in [6.07, 6.45) is 0.516. The van der Waals surface area contributed by atoms with Gasteiger partial charge in [-0.1, -0.05) is 29.8 Å². The number of β-amino-alcohol motifs (C(OH)–C–C–N with tert-alkyl or cyclic N) is 1. The lowest BCUT2D eigenvalue weighted by atomic mass is 9.92. The highest BCUT2D eigenvalue weighted by molar-refractivity contribution is 5.93. The van der Waals surface area contributed by atoms with Gasteiger partial charge in [-0.3, -0.25) is 4.79 Å². The summed E-state index contributed by atoms with van der Waals surface area (Å²) >= 11 is 0. The van der Waals surface area contributed by atoms with Crippen molar-refractivity contribution < 1.29 is 14.6 Å². The van der Waals surface area contributed by atoms with Crippen LogP contribution in [-0.2, 0) is 10.3 Å². The highest BCUT2D eigenvalue weighted by atomic mass is 16.5. The van der Waals surface area contributed by atoms with Crippen LogP contribution in [0.1, 0.15) is 33.7 Å². The Morgan fingerprint density at radius 3 is 2.54 bits per heavy atom. The molecule has 1 N–H and O–H groups in total. The average molecular weight is 382 g/mol. The Balaban J connectivity index is 1.53. The molecule has 0 bridgehead atoms. The summed E-state index contributed by atoms with van der Waals surface area (Å²) in [7, 11) is 0. The van der Waals surface area contributed by atoms with Crippen molar-refractivity contribution in [3.05, 3.63) is 52.8 Å². The summed E-state index contributed by atoms with van der Waals surface area (Å²) in [6, 6.07) is 9.57. The SMILES string of the molecule is Cc1ccc([C@]2(O)CCN(C(=O)c3cc(C)nc(N4CCOCC4)n3)C2)cc1. The lowest BCUT2D eigenvalue weighted by Gasteiger charge is -2.27. The molecule has 2 aliphatic rings. The highest BCUT2D eigenvalue weighted by Crippen LogP contribution is 2.32. The number of aryl methyl sites for hydroxylation is 2. The molecule has 7 nitrogen and oxygen atoms in total. The van der Waals surface area contributed by atoms with Crippen LogP contribution in [0.4, 0.5) is 5.95 Å². The van der Waals surface area contributed by atoms with Gasteiger partial charge >= 0.3 is 0 Å². The van der Waals surface area contributed by atoms with Gasteiger partial charge in [-0.15, -0.1) is 0 Å². The molecular weight excluding hydrogens is 356 g/mol. The maximum absolute atomic E-state index is 13.1. The number of morpholine rings is 1. The molecule has 148 valence electrons. The van der Waals surface area contributed by atoms with E-state index in [2.05, 4.69) is 9.97 Å². The number of nitrogens with zero attached hydrogens (tertiary/aromatic N) is 4. The molecule has 0 aliphatic carbocycles. The van der Waals surface area contributed by atoms with Crippen LogP contribution in [0.2, 0.25) is 0 Å². The molecule has 1 amide bonds. The number of carbonyl (C=O) groups excluding carboxylic acids is 1. The van der Waals surface area contributed by atoms with Crippen molar-refractivity contribution in [2.24, 2.45) is 0 Å². The van der Waals surface area contributed by atoms with Crippen LogP contribution >= 0.6 is 0 Å². The molecule has 28 heavy (non-hydrogen) atoms. The lowest BCUT2D eigenvalue weighted by molar-refractivity contribution is 0.0415. The van der Waals surface area contributed by atoms with E-state index in [1.807, 2.05) is 43.0 Å². The minimum absolute atomic E-state index is 0.164. The minimum atomic E-state index is -1.02. The van der Waals surface area contributed by atoms with Gasteiger partial charge in [0.1, 0.15) is 11.3 Å². The van der Waals surface area contributed by atoms with E-state index in [1.165, 1.54) is 0 Å². The number of aliphatic hydroxyl groups is 1. The number of anilines is 1. The van der Waals surface area contributed by atoms with Gasteiger partial charge in [0, 0.05) is 25.3 Å². The zero-order chi connectivity index (χ0) is 19.7. The van der Waals surface area contributed by atoms with Crippen LogP contribution in [0.25, 0.3) is 0 Å². The van der Waals surface area contributed by atoms with Crippen LogP contribution in [0.15, 0.2) is 30.3 Å². The van der Waals surface area contributed by atoms with Crippen molar-refractivity contribution >= 4 is 11.9 Å². The first-order valence-corrected chi connectivity index (χ1v) is 9.72. The quantitative estimate of drug-likeness (QED) is 0.870. The monoisotopic (exact) mass is 382 g/mol. The van der Waals surface area contributed by atoms with Crippen molar-refractivity contribution in [3.8, 4) is 0 Å². The number of hydrogen-bond donors (Lipinski definition) is 1. The van der Waals surface area contributed by atoms with Gasteiger partial charge in [0.25, 0.3) is 5.91 Å². The molecule has 7 heteroatoms.